The number of aliphatic hydroxyl groups excluding tert-OH is 1. The zero-order valence-corrected chi connectivity index (χ0v) is 21.1. The van der Waals surface area contributed by atoms with E-state index in [4.69, 9.17) is 11.5 Å². The number of nitrogens with one attached hydrogen (secondary N) is 1. The summed E-state index contributed by atoms with van der Waals surface area (Å²) in [5.41, 5.74) is 17.0. The van der Waals surface area contributed by atoms with Gasteiger partial charge in [-0.3, -0.25) is 0 Å². The minimum absolute atomic E-state index is 0.298. The van der Waals surface area contributed by atoms with Gasteiger partial charge in [0, 0.05) is 35.8 Å². The quantitative estimate of drug-likeness (QED) is 0.349. The highest BCUT2D eigenvalue weighted by atomic mass is 32.2. The van der Waals surface area contributed by atoms with E-state index in [-0.39, 0.29) is 6.17 Å². The SMILES string of the molecule is CCN(c1ccc(N)c(C)c1)C(C)NS(C)(=O)=O.CCN(c1ccc(N)c(C)c1)C(C)O. The highest BCUT2D eigenvalue weighted by Crippen LogP contribution is 2.22. The summed E-state index contributed by atoms with van der Waals surface area (Å²) in [4.78, 5) is 3.87. The van der Waals surface area contributed by atoms with Crippen LogP contribution in [0.25, 0.3) is 0 Å². The van der Waals surface area contributed by atoms with Gasteiger partial charge >= 0.3 is 0 Å². The Balaban J connectivity index is 0.000000330. The van der Waals surface area contributed by atoms with Crippen molar-refractivity contribution in [2.75, 3.05) is 40.6 Å². The number of sulfonamides is 1. The van der Waals surface area contributed by atoms with Crippen molar-refractivity contribution in [3.05, 3.63) is 47.5 Å². The molecule has 0 aliphatic heterocycles. The van der Waals surface area contributed by atoms with Gasteiger partial charge in [0.25, 0.3) is 0 Å². The molecule has 0 bridgehead atoms. The summed E-state index contributed by atoms with van der Waals surface area (Å²) in [6, 6.07) is 11.5. The summed E-state index contributed by atoms with van der Waals surface area (Å²) in [6.45, 7) is 12.9. The zero-order chi connectivity index (χ0) is 24.6. The van der Waals surface area contributed by atoms with Crippen LogP contribution in [-0.2, 0) is 10.0 Å². The van der Waals surface area contributed by atoms with E-state index in [0.717, 1.165) is 46.7 Å². The minimum atomic E-state index is -3.22. The van der Waals surface area contributed by atoms with Gasteiger partial charge in [-0.1, -0.05) is 0 Å². The van der Waals surface area contributed by atoms with E-state index in [1.54, 1.807) is 6.92 Å². The average Bonchev–Trinajstić information content (AvgIpc) is 2.67. The zero-order valence-electron chi connectivity index (χ0n) is 20.3. The molecule has 8 nitrogen and oxygen atoms in total. The van der Waals surface area contributed by atoms with Gasteiger partial charge in [0.1, 0.15) is 6.23 Å². The largest absolute Gasteiger partial charge is 0.399 e. The molecule has 32 heavy (non-hydrogen) atoms. The second-order valence-electron chi connectivity index (χ2n) is 7.85. The summed E-state index contributed by atoms with van der Waals surface area (Å²) in [6.07, 6.45) is 0.391. The molecular weight excluding hydrogens is 426 g/mol. The molecular formula is C23H39N5O3S. The molecule has 0 aliphatic carbocycles. The van der Waals surface area contributed by atoms with E-state index < -0.39 is 16.3 Å². The van der Waals surface area contributed by atoms with Crippen molar-refractivity contribution in [3.63, 3.8) is 0 Å². The highest BCUT2D eigenvalue weighted by molar-refractivity contribution is 7.88. The Morgan fingerprint density at radius 3 is 1.62 bits per heavy atom. The Morgan fingerprint density at radius 1 is 0.906 bits per heavy atom. The molecule has 2 rings (SSSR count). The lowest BCUT2D eigenvalue weighted by Gasteiger charge is -2.30. The van der Waals surface area contributed by atoms with Crippen LogP contribution in [0.3, 0.4) is 0 Å². The fourth-order valence-corrected chi connectivity index (χ4v) is 4.14. The molecule has 0 saturated heterocycles. The lowest BCUT2D eigenvalue weighted by atomic mass is 10.1. The van der Waals surface area contributed by atoms with Gasteiger partial charge in [0.15, 0.2) is 0 Å². The molecule has 180 valence electrons. The topological polar surface area (TPSA) is 125 Å². The van der Waals surface area contributed by atoms with E-state index >= 15 is 0 Å². The van der Waals surface area contributed by atoms with Gasteiger partial charge in [0.05, 0.1) is 12.4 Å². The summed E-state index contributed by atoms with van der Waals surface area (Å²) in [7, 11) is -3.22. The summed E-state index contributed by atoms with van der Waals surface area (Å²) >= 11 is 0. The van der Waals surface area contributed by atoms with E-state index in [1.807, 2.05) is 80.8 Å². The van der Waals surface area contributed by atoms with Crippen molar-refractivity contribution < 1.29 is 13.5 Å². The van der Waals surface area contributed by atoms with E-state index in [1.165, 1.54) is 0 Å². The molecule has 2 aromatic carbocycles. The molecule has 9 heteroatoms. The molecule has 6 N–H and O–H groups in total. The van der Waals surface area contributed by atoms with E-state index in [2.05, 4.69) is 4.72 Å². The van der Waals surface area contributed by atoms with Crippen LogP contribution in [-0.4, -0.2) is 45.3 Å². The Morgan fingerprint density at radius 2 is 1.31 bits per heavy atom. The van der Waals surface area contributed by atoms with Gasteiger partial charge in [-0.05, 0) is 89.1 Å². The molecule has 0 saturated carbocycles. The highest BCUT2D eigenvalue weighted by Gasteiger charge is 2.16. The van der Waals surface area contributed by atoms with Gasteiger partial charge in [0.2, 0.25) is 10.0 Å². The fourth-order valence-electron chi connectivity index (χ4n) is 3.39. The Labute approximate surface area is 193 Å². The number of benzene rings is 2. The molecule has 0 aliphatic rings. The first-order valence-electron chi connectivity index (χ1n) is 10.7. The number of aliphatic hydroxyl groups is 1. The number of rotatable bonds is 8. The second kappa shape index (κ2) is 11.9. The molecule has 2 unspecified atom stereocenters. The number of nitrogens with two attached hydrogens (primary N) is 2. The van der Waals surface area contributed by atoms with Gasteiger partial charge in [-0.15, -0.1) is 0 Å². The lowest BCUT2D eigenvalue weighted by molar-refractivity contribution is 0.190. The van der Waals surface area contributed by atoms with Crippen LogP contribution >= 0.6 is 0 Å². The second-order valence-corrected chi connectivity index (χ2v) is 9.63. The number of anilines is 4. The lowest BCUT2D eigenvalue weighted by Crippen LogP contribution is -2.46. The number of hydrogen-bond acceptors (Lipinski definition) is 7. The normalized spacial score (nSPS) is 13.0. The molecule has 2 atom stereocenters. The van der Waals surface area contributed by atoms with Crippen molar-refractivity contribution >= 4 is 32.8 Å². The van der Waals surface area contributed by atoms with Crippen molar-refractivity contribution in [2.24, 2.45) is 0 Å². The van der Waals surface area contributed by atoms with E-state index in [0.29, 0.717) is 6.54 Å². The maximum absolute atomic E-state index is 11.3. The summed E-state index contributed by atoms with van der Waals surface area (Å²) in [5, 5.41) is 9.52. The van der Waals surface area contributed by atoms with Crippen molar-refractivity contribution in [3.8, 4) is 0 Å². The predicted molar refractivity (Wildman–Crippen MR) is 136 cm³/mol. The summed E-state index contributed by atoms with van der Waals surface area (Å²) in [5.74, 6) is 0. The van der Waals surface area contributed by atoms with Gasteiger partial charge < -0.3 is 26.4 Å². The first-order chi connectivity index (χ1) is 14.8. The van der Waals surface area contributed by atoms with Crippen molar-refractivity contribution in [2.45, 2.75) is 53.9 Å². The molecule has 2 aromatic rings. The molecule has 0 heterocycles. The smallest absolute Gasteiger partial charge is 0.210 e. The first kappa shape index (κ1) is 27.5. The molecule has 0 amide bonds. The first-order valence-corrected chi connectivity index (χ1v) is 12.6. The standard InChI is InChI=1S/C12H21N3O2S.C11H18N2O/c1-5-15(10(3)14-18(4,16)17)11-6-7-12(13)9(2)8-11;1-4-13(9(3)14)10-5-6-11(12)8(2)7-10/h6-8,10,14H,5,13H2,1-4H3;5-7,9,14H,4,12H2,1-3H3. The van der Waals surface area contributed by atoms with Crippen LogP contribution in [0, 0.1) is 13.8 Å². The Bertz CT molecular complexity index is 980. The number of nitrogen functional groups attached to an aromatic ring is 2. The maximum Gasteiger partial charge on any atom is 0.210 e. The van der Waals surface area contributed by atoms with E-state index in [9.17, 15) is 13.5 Å². The molecule has 0 fully saturated rings. The van der Waals surface area contributed by atoms with Crippen molar-refractivity contribution in [1.82, 2.24) is 4.72 Å². The van der Waals surface area contributed by atoms with Crippen LogP contribution in [0.1, 0.15) is 38.8 Å². The minimum Gasteiger partial charge on any atom is -0.399 e. The maximum atomic E-state index is 11.3. The van der Waals surface area contributed by atoms with Crippen LogP contribution in [0.15, 0.2) is 36.4 Å². The van der Waals surface area contributed by atoms with Crippen LogP contribution < -0.4 is 26.0 Å². The number of hydrogen-bond donors (Lipinski definition) is 4. The molecule has 0 spiro atoms. The Hall–Kier alpha value is -2.49. The van der Waals surface area contributed by atoms with Gasteiger partial charge in [-0.25, -0.2) is 8.42 Å². The Kier molecular flexibility index (Phi) is 10.3. The van der Waals surface area contributed by atoms with Crippen molar-refractivity contribution in [1.29, 1.82) is 0 Å². The third-order valence-corrected chi connectivity index (χ3v) is 5.92. The average molecular weight is 466 g/mol. The summed E-state index contributed by atoms with van der Waals surface area (Å²) < 4.78 is 25.1. The predicted octanol–water partition coefficient (Wildman–Crippen LogP) is 3.04. The third kappa shape index (κ3) is 8.22. The van der Waals surface area contributed by atoms with Crippen LogP contribution in [0.5, 0.6) is 0 Å². The van der Waals surface area contributed by atoms with Gasteiger partial charge in [-0.2, -0.15) is 4.72 Å². The number of nitrogens with zero attached hydrogens (tertiary/aromatic N) is 2. The fraction of sp³-hybridized carbons (Fsp3) is 0.478. The molecule has 0 radical (unpaired) electrons. The van der Waals surface area contributed by atoms with Crippen LogP contribution in [0.2, 0.25) is 0 Å². The molecule has 0 aromatic heterocycles. The number of aryl methyl sites for hydroxylation is 2. The monoisotopic (exact) mass is 465 g/mol. The van der Waals surface area contributed by atoms with Crippen LogP contribution in [0.4, 0.5) is 22.7 Å². The third-order valence-electron chi connectivity index (χ3n) is 5.15.